The second-order valence-corrected chi connectivity index (χ2v) is 7.84. The number of hydrogen-bond acceptors (Lipinski definition) is 5. The van der Waals surface area contributed by atoms with Gasteiger partial charge in [-0.25, -0.2) is 9.78 Å². The van der Waals surface area contributed by atoms with Crippen molar-refractivity contribution in [3.63, 3.8) is 0 Å². The number of nitrogens with zero attached hydrogens (tertiary/aromatic N) is 1. The second kappa shape index (κ2) is 8.63. The predicted molar refractivity (Wildman–Crippen MR) is 103 cm³/mol. The summed E-state index contributed by atoms with van der Waals surface area (Å²) in [4.78, 5) is 28.5. The minimum absolute atomic E-state index is 0.0422. The molecule has 1 fully saturated rings. The number of aromatic nitrogens is 1. The van der Waals surface area contributed by atoms with Crippen LogP contribution in [0.2, 0.25) is 15.2 Å². The predicted octanol–water partition coefficient (Wildman–Crippen LogP) is 4.11. The van der Waals surface area contributed by atoms with Crippen molar-refractivity contribution in [2.24, 2.45) is 11.8 Å². The topological polar surface area (TPSA) is 94.3 Å². The lowest BCUT2D eigenvalue weighted by molar-refractivity contribution is -0.130. The fourth-order valence-electron chi connectivity index (χ4n) is 3.02. The van der Waals surface area contributed by atoms with Crippen molar-refractivity contribution in [3.05, 3.63) is 20.9 Å². The normalized spacial score (nSPS) is 24.0. The molecule has 1 aliphatic rings. The van der Waals surface area contributed by atoms with Gasteiger partial charge in [0.25, 0.3) is 5.91 Å². The summed E-state index contributed by atoms with van der Waals surface area (Å²) in [5.74, 6) is -0.364. The van der Waals surface area contributed by atoms with Crippen LogP contribution in [-0.4, -0.2) is 29.0 Å². The Morgan fingerprint density at radius 1 is 1.23 bits per heavy atom. The maximum atomic E-state index is 12.4. The molecule has 2 rings (SSSR count). The summed E-state index contributed by atoms with van der Waals surface area (Å²) in [5.41, 5.74) is 5.34. The molecule has 26 heavy (non-hydrogen) atoms. The highest BCUT2D eigenvalue weighted by Gasteiger charge is 2.31. The van der Waals surface area contributed by atoms with E-state index in [0.29, 0.717) is 11.8 Å². The first kappa shape index (κ1) is 21.1. The fraction of sp³-hybridized carbons (Fsp3) is 0.588. The van der Waals surface area contributed by atoms with Gasteiger partial charge in [-0.3, -0.25) is 4.79 Å². The third kappa shape index (κ3) is 4.53. The van der Waals surface area contributed by atoms with Crippen LogP contribution in [0.4, 0.5) is 5.69 Å². The van der Waals surface area contributed by atoms with Gasteiger partial charge < -0.3 is 15.8 Å². The zero-order valence-electron chi connectivity index (χ0n) is 14.8. The number of nitrogens with one attached hydrogen (secondary N) is 1. The highest BCUT2D eigenvalue weighted by Crippen LogP contribution is 2.34. The number of nitrogen functional groups attached to an aromatic ring is 1. The molecule has 0 aromatic carbocycles. The standard InChI is InChI=1S/C17H22Cl3N3O3/c1-7-5-4-6-10(8(7)2)22-16(24)9(3)26-17(25)14-11(18)13(21)12(19)15(20)23-14/h7-10H,4-6H2,1-3H3,(H2,21,23)(H,22,24)/t7-,8-,9+,10-/m1/s1. The summed E-state index contributed by atoms with van der Waals surface area (Å²) in [7, 11) is 0. The molecule has 0 spiro atoms. The number of ether oxygens (including phenoxy) is 1. The van der Waals surface area contributed by atoms with Gasteiger partial charge in [0.2, 0.25) is 0 Å². The Kier molecular flexibility index (Phi) is 6.99. The number of hydrogen-bond donors (Lipinski definition) is 2. The Hall–Kier alpha value is -1.24. The van der Waals surface area contributed by atoms with Crippen molar-refractivity contribution in [1.29, 1.82) is 0 Å². The third-order valence-electron chi connectivity index (χ3n) is 4.95. The Balaban J connectivity index is 2.04. The first-order valence-corrected chi connectivity index (χ1v) is 9.58. The Labute approximate surface area is 167 Å². The zero-order valence-corrected chi connectivity index (χ0v) is 17.1. The molecule has 0 saturated heterocycles. The summed E-state index contributed by atoms with van der Waals surface area (Å²) in [6, 6.07) is 0.0646. The van der Waals surface area contributed by atoms with Crippen LogP contribution in [0.15, 0.2) is 0 Å². The summed E-state index contributed by atoms with van der Waals surface area (Å²) in [6.45, 7) is 5.78. The number of esters is 1. The van der Waals surface area contributed by atoms with E-state index in [1.807, 2.05) is 0 Å². The molecule has 1 aromatic heterocycles. The molecule has 1 aromatic rings. The van der Waals surface area contributed by atoms with Crippen molar-refractivity contribution in [1.82, 2.24) is 10.3 Å². The van der Waals surface area contributed by atoms with Crippen LogP contribution >= 0.6 is 34.8 Å². The fourth-order valence-corrected chi connectivity index (χ4v) is 3.61. The Morgan fingerprint density at radius 2 is 1.88 bits per heavy atom. The van der Waals surface area contributed by atoms with Crippen LogP contribution in [0.1, 0.15) is 50.5 Å². The first-order chi connectivity index (χ1) is 12.1. The van der Waals surface area contributed by atoms with E-state index in [9.17, 15) is 9.59 Å². The molecule has 144 valence electrons. The van der Waals surface area contributed by atoms with Gasteiger partial charge in [-0.1, -0.05) is 61.5 Å². The van der Waals surface area contributed by atoms with Gasteiger partial charge in [0, 0.05) is 6.04 Å². The van der Waals surface area contributed by atoms with E-state index in [2.05, 4.69) is 24.1 Å². The van der Waals surface area contributed by atoms with Gasteiger partial charge in [0.15, 0.2) is 17.0 Å². The molecule has 0 radical (unpaired) electrons. The number of rotatable bonds is 4. The number of amides is 1. The molecule has 0 bridgehead atoms. The van der Waals surface area contributed by atoms with Crippen molar-refractivity contribution in [2.45, 2.75) is 52.2 Å². The quantitative estimate of drug-likeness (QED) is 0.562. The lowest BCUT2D eigenvalue weighted by Crippen LogP contribution is -2.47. The molecule has 1 aliphatic carbocycles. The highest BCUT2D eigenvalue weighted by atomic mass is 35.5. The summed E-state index contributed by atoms with van der Waals surface area (Å²) in [5, 5.41) is 2.59. The molecule has 1 amide bonds. The number of nitrogens with two attached hydrogens (primary N) is 1. The maximum Gasteiger partial charge on any atom is 0.359 e. The average Bonchev–Trinajstić information content (AvgIpc) is 2.59. The average molecular weight is 423 g/mol. The van der Waals surface area contributed by atoms with Crippen molar-refractivity contribution in [2.75, 3.05) is 5.73 Å². The number of carbonyl (C=O) groups excluding carboxylic acids is 2. The number of pyridine rings is 1. The van der Waals surface area contributed by atoms with E-state index in [-0.39, 0.29) is 38.5 Å². The summed E-state index contributed by atoms with van der Waals surface area (Å²) < 4.78 is 5.18. The van der Waals surface area contributed by atoms with Crippen molar-refractivity contribution in [3.8, 4) is 0 Å². The largest absolute Gasteiger partial charge is 0.448 e. The van der Waals surface area contributed by atoms with Gasteiger partial charge in [0.05, 0.1) is 10.7 Å². The van der Waals surface area contributed by atoms with Crippen molar-refractivity contribution >= 4 is 52.4 Å². The Bertz CT molecular complexity index is 714. The van der Waals surface area contributed by atoms with Gasteiger partial charge in [-0.2, -0.15) is 0 Å². The molecular weight excluding hydrogens is 401 g/mol. The van der Waals surface area contributed by atoms with E-state index in [4.69, 9.17) is 45.3 Å². The molecule has 6 nitrogen and oxygen atoms in total. The van der Waals surface area contributed by atoms with Gasteiger partial charge in [-0.05, 0) is 25.2 Å². The van der Waals surface area contributed by atoms with E-state index < -0.39 is 12.1 Å². The molecule has 1 heterocycles. The summed E-state index contributed by atoms with van der Waals surface area (Å²) >= 11 is 17.6. The highest BCUT2D eigenvalue weighted by molar-refractivity contribution is 6.46. The number of anilines is 1. The minimum atomic E-state index is -1.01. The van der Waals surface area contributed by atoms with Crippen LogP contribution in [0.3, 0.4) is 0 Å². The first-order valence-electron chi connectivity index (χ1n) is 8.44. The van der Waals surface area contributed by atoms with Gasteiger partial charge in [-0.15, -0.1) is 0 Å². The van der Waals surface area contributed by atoms with E-state index in [1.54, 1.807) is 0 Å². The van der Waals surface area contributed by atoms with Crippen LogP contribution < -0.4 is 11.1 Å². The lowest BCUT2D eigenvalue weighted by Gasteiger charge is -2.35. The monoisotopic (exact) mass is 421 g/mol. The minimum Gasteiger partial charge on any atom is -0.448 e. The van der Waals surface area contributed by atoms with Crippen LogP contribution in [-0.2, 0) is 9.53 Å². The smallest absolute Gasteiger partial charge is 0.359 e. The van der Waals surface area contributed by atoms with Crippen LogP contribution in [0.25, 0.3) is 0 Å². The molecule has 4 atom stereocenters. The molecule has 1 saturated carbocycles. The SMILES string of the molecule is C[C@@H]1[C@H](C)CCC[C@H]1NC(=O)[C@H](C)OC(=O)c1nc(Cl)c(Cl)c(N)c1Cl. The van der Waals surface area contributed by atoms with Crippen molar-refractivity contribution < 1.29 is 14.3 Å². The zero-order chi connectivity index (χ0) is 19.6. The van der Waals surface area contributed by atoms with E-state index in [1.165, 1.54) is 6.92 Å². The maximum absolute atomic E-state index is 12.4. The van der Waals surface area contributed by atoms with Crippen LogP contribution in [0, 0.1) is 11.8 Å². The molecule has 0 unspecified atom stereocenters. The lowest BCUT2D eigenvalue weighted by atomic mass is 9.78. The van der Waals surface area contributed by atoms with Gasteiger partial charge >= 0.3 is 5.97 Å². The van der Waals surface area contributed by atoms with Crippen LogP contribution in [0.5, 0.6) is 0 Å². The molecule has 3 N–H and O–H groups in total. The molecular formula is C17H22Cl3N3O3. The third-order valence-corrected chi connectivity index (χ3v) is 6.09. The summed E-state index contributed by atoms with van der Waals surface area (Å²) in [6.07, 6.45) is 2.11. The molecule has 0 aliphatic heterocycles. The molecule has 9 heteroatoms. The number of carbonyl (C=O) groups is 2. The van der Waals surface area contributed by atoms with Gasteiger partial charge in [0.1, 0.15) is 5.02 Å². The number of halogens is 3. The van der Waals surface area contributed by atoms with E-state index >= 15 is 0 Å². The van der Waals surface area contributed by atoms with E-state index in [0.717, 1.165) is 19.3 Å². The second-order valence-electron chi connectivity index (χ2n) is 6.72. The Morgan fingerprint density at radius 3 is 2.54 bits per heavy atom.